The molecule has 0 atom stereocenters. The molecule has 3 aromatic rings. The second-order valence-corrected chi connectivity index (χ2v) is 6.60. The lowest BCUT2D eigenvalue weighted by molar-refractivity contribution is -0.137. The van der Waals surface area contributed by atoms with Gasteiger partial charge in [-0.25, -0.2) is 9.97 Å². The molecule has 2 aromatic heterocycles. The number of hydrogen-bond acceptors (Lipinski definition) is 6. The van der Waals surface area contributed by atoms with Crippen molar-refractivity contribution in [3.05, 3.63) is 48.0 Å². The molecule has 0 unspecified atom stereocenters. The molecule has 0 aliphatic carbocycles. The van der Waals surface area contributed by atoms with E-state index in [-0.39, 0.29) is 5.52 Å². The van der Waals surface area contributed by atoms with Crippen LogP contribution >= 0.6 is 0 Å². The first-order valence-electron chi connectivity index (χ1n) is 8.86. The fourth-order valence-electron chi connectivity index (χ4n) is 3.25. The number of ether oxygens (including phenoxy) is 1. The summed E-state index contributed by atoms with van der Waals surface area (Å²) >= 11 is 0. The summed E-state index contributed by atoms with van der Waals surface area (Å²) in [7, 11) is 1.62. The van der Waals surface area contributed by atoms with Crippen LogP contribution in [0.3, 0.4) is 0 Å². The summed E-state index contributed by atoms with van der Waals surface area (Å²) in [6.07, 6.45) is -2.67. The van der Waals surface area contributed by atoms with E-state index in [4.69, 9.17) is 9.15 Å². The number of fused-ring (bicyclic) bond motifs is 1. The van der Waals surface area contributed by atoms with E-state index in [1.807, 2.05) is 6.07 Å². The SMILES string of the molecule is COc1ccnc(N2CCN(Cc3nc4cc(C(F)(F)F)ccc4o3)CC2)c1. The number of methoxy groups -OCH3 is 1. The van der Waals surface area contributed by atoms with Crippen molar-refractivity contribution < 1.29 is 22.3 Å². The molecule has 0 spiro atoms. The summed E-state index contributed by atoms with van der Waals surface area (Å²) in [6.45, 7) is 3.55. The molecule has 0 radical (unpaired) electrons. The standard InChI is InChI=1S/C19H19F3N4O2/c1-27-14-4-5-23-17(11-14)26-8-6-25(7-9-26)12-18-24-15-10-13(19(20,21)22)2-3-16(15)28-18/h2-5,10-11H,6-9,12H2,1H3. The molecular formula is C19H19F3N4O2. The lowest BCUT2D eigenvalue weighted by Crippen LogP contribution is -2.46. The van der Waals surface area contributed by atoms with Crippen LogP contribution in [-0.4, -0.2) is 48.2 Å². The Kier molecular flexibility index (Phi) is 4.84. The highest BCUT2D eigenvalue weighted by Gasteiger charge is 2.31. The second-order valence-electron chi connectivity index (χ2n) is 6.60. The number of halogens is 3. The summed E-state index contributed by atoms with van der Waals surface area (Å²) in [4.78, 5) is 12.9. The Morgan fingerprint density at radius 1 is 1.11 bits per heavy atom. The van der Waals surface area contributed by atoms with E-state index in [2.05, 4.69) is 19.8 Å². The summed E-state index contributed by atoms with van der Waals surface area (Å²) in [5.74, 6) is 2.04. The van der Waals surface area contributed by atoms with E-state index in [1.165, 1.54) is 6.07 Å². The molecule has 0 amide bonds. The van der Waals surface area contributed by atoms with Crippen molar-refractivity contribution in [2.75, 3.05) is 38.2 Å². The van der Waals surface area contributed by atoms with Gasteiger partial charge in [-0.05, 0) is 24.3 Å². The van der Waals surface area contributed by atoms with Crippen molar-refractivity contribution in [2.24, 2.45) is 0 Å². The molecule has 1 saturated heterocycles. The van der Waals surface area contributed by atoms with Gasteiger partial charge in [0.05, 0.1) is 19.2 Å². The van der Waals surface area contributed by atoms with Crippen LogP contribution in [-0.2, 0) is 12.7 Å². The third-order valence-corrected chi connectivity index (χ3v) is 4.77. The zero-order chi connectivity index (χ0) is 19.7. The number of pyridine rings is 1. The van der Waals surface area contributed by atoms with Gasteiger partial charge in [0, 0.05) is 38.4 Å². The highest BCUT2D eigenvalue weighted by molar-refractivity contribution is 5.73. The Hall–Kier alpha value is -2.81. The van der Waals surface area contributed by atoms with Gasteiger partial charge in [0.1, 0.15) is 17.1 Å². The number of oxazole rings is 1. The number of nitrogens with zero attached hydrogens (tertiary/aromatic N) is 4. The molecule has 6 nitrogen and oxygen atoms in total. The van der Waals surface area contributed by atoms with Gasteiger partial charge in [0.25, 0.3) is 0 Å². The third-order valence-electron chi connectivity index (χ3n) is 4.77. The topological polar surface area (TPSA) is 54.6 Å². The first-order chi connectivity index (χ1) is 13.4. The second kappa shape index (κ2) is 7.31. The Labute approximate surface area is 159 Å². The maximum Gasteiger partial charge on any atom is 0.416 e. The van der Waals surface area contributed by atoms with Gasteiger partial charge in [-0.2, -0.15) is 13.2 Å². The summed E-state index contributed by atoms with van der Waals surface area (Å²) in [5.41, 5.74) is -0.134. The van der Waals surface area contributed by atoms with Crippen molar-refractivity contribution in [1.82, 2.24) is 14.9 Å². The monoisotopic (exact) mass is 392 g/mol. The Balaban J connectivity index is 1.40. The predicted octanol–water partition coefficient (Wildman–Crippen LogP) is 3.57. The molecule has 9 heteroatoms. The van der Waals surface area contributed by atoms with Gasteiger partial charge in [0.2, 0.25) is 5.89 Å². The minimum atomic E-state index is -4.39. The van der Waals surface area contributed by atoms with Crippen molar-refractivity contribution in [2.45, 2.75) is 12.7 Å². The summed E-state index contributed by atoms with van der Waals surface area (Å²) < 4.78 is 49.4. The van der Waals surface area contributed by atoms with Gasteiger partial charge in [-0.1, -0.05) is 0 Å². The van der Waals surface area contributed by atoms with Crippen LogP contribution in [0.4, 0.5) is 19.0 Å². The van der Waals surface area contributed by atoms with Gasteiger partial charge in [-0.3, -0.25) is 4.90 Å². The predicted molar refractivity (Wildman–Crippen MR) is 97.3 cm³/mol. The molecule has 1 fully saturated rings. The molecule has 148 valence electrons. The van der Waals surface area contributed by atoms with E-state index in [0.29, 0.717) is 18.0 Å². The molecule has 3 heterocycles. The van der Waals surface area contributed by atoms with Crippen LogP contribution in [0.1, 0.15) is 11.5 Å². The zero-order valence-corrected chi connectivity index (χ0v) is 15.2. The molecule has 1 aromatic carbocycles. The van der Waals surface area contributed by atoms with Gasteiger partial charge in [0.15, 0.2) is 5.58 Å². The quantitative estimate of drug-likeness (QED) is 0.677. The van der Waals surface area contributed by atoms with E-state index in [1.54, 1.807) is 19.4 Å². The van der Waals surface area contributed by atoms with Crippen LogP contribution in [0.15, 0.2) is 40.9 Å². The highest BCUT2D eigenvalue weighted by Crippen LogP contribution is 2.31. The molecule has 0 bridgehead atoms. The lowest BCUT2D eigenvalue weighted by atomic mass is 10.2. The number of benzene rings is 1. The molecule has 0 saturated carbocycles. The zero-order valence-electron chi connectivity index (χ0n) is 15.2. The average molecular weight is 392 g/mol. The smallest absolute Gasteiger partial charge is 0.416 e. The molecule has 0 N–H and O–H groups in total. The van der Waals surface area contributed by atoms with Gasteiger partial charge < -0.3 is 14.1 Å². The maximum atomic E-state index is 12.8. The number of piperazine rings is 1. The maximum absolute atomic E-state index is 12.8. The van der Waals surface area contributed by atoms with E-state index in [9.17, 15) is 13.2 Å². The van der Waals surface area contributed by atoms with Crippen LogP contribution in [0, 0.1) is 0 Å². The summed E-state index contributed by atoms with van der Waals surface area (Å²) in [6, 6.07) is 7.05. The number of aromatic nitrogens is 2. The third kappa shape index (κ3) is 3.89. The van der Waals surface area contributed by atoms with Crippen molar-refractivity contribution in [3.8, 4) is 5.75 Å². The van der Waals surface area contributed by atoms with Crippen molar-refractivity contribution in [1.29, 1.82) is 0 Å². The van der Waals surface area contributed by atoms with E-state index >= 15 is 0 Å². The number of alkyl halides is 3. The normalized spacial score (nSPS) is 15.9. The van der Waals surface area contributed by atoms with Crippen LogP contribution in [0.2, 0.25) is 0 Å². The molecule has 1 aliphatic heterocycles. The van der Waals surface area contributed by atoms with Crippen LogP contribution in [0.25, 0.3) is 11.1 Å². The molecular weight excluding hydrogens is 373 g/mol. The van der Waals surface area contributed by atoms with Crippen LogP contribution in [0.5, 0.6) is 5.75 Å². The number of anilines is 1. The van der Waals surface area contributed by atoms with E-state index < -0.39 is 11.7 Å². The van der Waals surface area contributed by atoms with Crippen LogP contribution < -0.4 is 9.64 Å². The first kappa shape index (κ1) is 18.5. The molecule has 1 aliphatic rings. The lowest BCUT2D eigenvalue weighted by Gasteiger charge is -2.34. The van der Waals surface area contributed by atoms with Crippen molar-refractivity contribution in [3.63, 3.8) is 0 Å². The fraction of sp³-hybridized carbons (Fsp3) is 0.368. The van der Waals surface area contributed by atoms with Crippen molar-refractivity contribution >= 4 is 16.9 Å². The largest absolute Gasteiger partial charge is 0.497 e. The van der Waals surface area contributed by atoms with Gasteiger partial charge >= 0.3 is 6.18 Å². The Morgan fingerprint density at radius 2 is 1.89 bits per heavy atom. The number of hydrogen-bond donors (Lipinski definition) is 0. The number of rotatable bonds is 4. The average Bonchev–Trinajstić information content (AvgIpc) is 3.09. The minimum absolute atomic E-state index is 0.226. The highest BCUT2D eigenvalue weighted by atomic mass is 19.4. The van der Waals surface area contributed by atoms with Gasteiger partial charge in [-0.15, -0.1) is 0 Å². The molecule has 28 heavy (non-hydrogen) atoms. The molecule has 4 rings (SSSR count). The first-order valence-corrected chi connectivity index (χ1v) is 8.86. The van der Waals surface area contributed by atoms with E-state index in [0.717, 1.165) is 49.9 Å². The minimum Gasteiger partial charge on any atom is -0.497 e. The Morgan fingerprint density at radius 3 is 2.61 bits per heavy atom. The summed E-state index contributed by atoms with van der Waals surface area (Å²) in [5, 5.41) is 0. The Bertz CT molecular complexity index is 965. The fourth-order valence-corrected chi connectivity index (χ4v) is 3.25.